The Morgan fingerprint density at radius 2 is 2.03 bits per heavy atom. The topological polar surface area (TPSA) is 103 Å². The summed E-state index contributed by atoms with van der Waals surface area (Å²) in [5.41, 5.74) is 3.74. The summed E-state index contributed by atoms with van der Waals surface area (Å²) in [7, 11) is 0. The first-order chi connectivity index (χ1) is 16.7. The van der Waals surface area contributed by atoms with Gasteiger partial charge >= 0.3 is 0 Å². The number of amides is 1. The van der Waals surface area contributed by atoms with Crippen LogP contribution >= 0.6 is 0 Å². The highest BCUT2D eigenvalue weighted by Crippen LogP contribution is 2.28. The maximum Gasteiger partial charge on any atom is 0.241 e. The minimum absolute atomic E-state index is 0.0236. The molecule has 4 heterocycles. The molecule has 0 spiro atoms. The van der Waals surface area contributed by atoms with E-state index in [4.69, 9.17) is 14.7 Å². The summed E-state index contributed by atoms with van der Waals surface area (Å²) < 4.78 is 5.53. The van der Waals surface area contributed by atoms with E-state index in [0.717, 1.165) is 60.8 Å². The van der Waals surface area contributed by atoms with E-state index in [2.05, 4.69) is 27.7 Å². The number of nitrogens with zero attached hydrogens (tertiary/aromatic N) is 4. The third-order valence-corrected chi connectivity index (χ3v) is 6.60. The summed E-state index contributed by atoms with van der Waals surface area (Å²) in [6, 6.07) is 9.62. The number of anilines is 1. The van der Waals surface area contributed by atoms with Gasteiger partial charge in [0.25, 0.3) is 0 Å². The van der Waals surface area contributed by atoms with Crippen molar-refractivity contribution in [3.05, 3.63) is 47.7 Å². The minimum Gasteiger partial charge on any atom is -0.392 e. The number of aliphatic hydroxyl groups excluding tert-OH is 1. The van der Waals surface area contributed by atoms with E-state index in [9.17, 15) is 9.90 Å². The number of carbonyl (C=O) groups is 1. The Labute approximate surface area is 199 Å². The van der Waals surface area contributed by atoms with Crippen LogP contribution in [0.4, 0.5) is 5.82 Å². The standard InChI is InChI=1S/C25H32N6O3/c32-17-18-2-1-3-20(14-18)24-28-21(15-23(29-24)30-10-12-34-13-11-30)19-4-8-31(9-5-19)25(33)22-16-26-6-7-27-22/h1-4,14-15,22,26-27,32H,5-13,16-17H2/t22-/m0/s1. The largest absolute Gasteiger partial charge is 0.392 e. The number of morpholine rings is 1. The molecule has 1 amide bonds. The first kappa shape index (κ1) is 22.9. The molecule has 2 fully saturated rings. The first-order valence-corrected chi connectivity index (χ1v) is 12.1. The van der Waals surface area contributed by atoms with Gasteiger partial charge in [-0.2, -0.15) is 0 Å². The lowest BCUT2D eigenvalue weighted by Gasteiger charge is -2.32. The highest BCUT2D eigenvalue weighted by Gasteiger charge is 2.27. The molecule has 34 heavy (non-hydrogen) atoms. The summed E-state index contributed by atoms with van der Waals surface area (Å²) in [5.74, 6) is 1.68. The Balaban J connectivity index is 1.42. The lowest BCUT2D eigenvalue weighted by atomic mass is 10.0. The van der Waals surface area contributed by atoms with E-state index in [0.29, 0.717) is 38.7 Å². The van der Waals surface area contributed by atoms with Gasteiger partial charge in [0.2, 0.25) is 5.91 Å². The number of nitrogens with one attached hydrogen (secondary N) is 2. The molecule has 9 nitrogen and oxygen atoms in total. The Bertz CT molecular complexity index is 1050. The number of ether oxygens (including phenoxy) is 1. The molecule has 3 aliphatic rings. The molecule has 0 unspecified atom stereocenters. The fourth-order valence-electron chi connectivity index (χ4n) is 4.64. The molecule has 5 rings (SSSR count). The predicted octanol–water partition coefficient (Wildman–Crippen LogP) is 0.650. The monoisotopic (exact) mass is 464 g/mol. The maximum absolute atomic E-state index is 12.9. The van der Waals surface area contributed by atoms with E-state index in [1.165, 1.54) is 0 Å². The average molecular weight is 465 g/mol. The van der Waals surface area contributed by atoms with Crippen molar-refractivity contribution in [1.29, 1.82) is 0 Å². The zero-order valence-electron chi connectivity index (χ0n) is 19.4. The molecule has 1 aromatic carbocycles. The van der Waals surface area contributed by atoms with Gasteiger partial charge < -0.3 is 30.3 Å². The lowest BCUT2D eigenvalue weighted by Crippen LogP contribution is -2.57. The van der Waals surface area contributed by atoms with E-state index >= 15 is 0 Å². The van der Waals surface area contributed by atoms with Crippen LogP contribution in [0.1, 0.15) is 17.7 Å². The van der Waals surface area contributed by atoms with Crippen molar-refractivity contribution in [2.45, 2.75) is 19.1 Å². The van der Waals surface area contributed by atoms with Crippen LogP contribution < -0.4 is 15.5 Å². The van der Waals surface area contributed by atoms with Crippen molar-refractivity contribution in [3.63, 3.8) is 0 Å². The number of aromatic nitrogens is 2. The lowest BCUT2D eigenvalue weighted by molar-refractivity contribution is -0.133. The Morgan fingerprint density at radius 3 is 2.76 bits per heavy atom. The van der Waals surface area contributed by atoms with E-state index in [1.54, 1.807) is 0 Å². The van der Waals surface area contributed by atoms with Crippen LogP contribution in [0.15, 0.2) is 36.4 Å². The van der Waals surface area contributed by atoms with Crippen LogP contribution in [0.25, 0.3) is 17.0 Å². The van der Waals surface area contributed by atoms with Crippen molar-refractivity contribution in [1.82, 2.24) is 25.5 Å². The summed E-state index contributed by atoms with van der Waals surface area (Å²) in [5, 5.41) is 16.2. The molecule has 0 aliphatic carbocycles. The van der Waals surface area contributed by atoms with E-state index in [-0.39, 0.29) is 18.6 Å². The van der Waals surface area contributed by atoms with Crippen LogP contribution in [0.3, 0.4) is 0 Å². The fraction of sp³-hybridized carbons (Fsp3) is 0.480. The van der Waals surface area contributed by atoms with E-state index < -0.39 is 0 Å². The van der Waals surface area contributed by atoms with Crippen LogP contribution in [-0.2, 0) is 16.1 Å². The predicted molar refractivity (Wildman–Crippen MR) is 130 cm³/mol. The van der Waals surface area contributed by atoms with Crippen LogP contribution in [0.5, 0.6) is 0 Å². The van der Waals surface area contributed by atoms with Crippen molar-refractivity contribution < 1.29 is 14.6 Å². The zero-order chi connectivity index (χ0) is 23.3. The third-order valence-electron chi connectivity index (χ3n) is 6.60. The van der Waals surface area contributed by atoms with Gasteiger partial charge in [0, 0.05) is 57.4 Å². The summed E-state index contributed by atoms with van der Waals surface area (Å²) >= 11 is 0. The Morgan fingerprint density at radius 1 is 1.15 bits per heavy atom. The van der Waals surface area contributed by atoms with Crippen molar-refractivity contribution in [2.75, 3.05) is 63.9 Å². The molecule has 2 aromatic rings. The third kappa shape index (κ3) is 5.12. The minimum atomic E-state index is -0.152. The van der Waals surface area contributed by atoms with Gasteiger partial charge in [-0.25, -0.2) is 9.97 Å². The molecule has 0 bridgehead atoms. The highest BCUT2D eigenvalue weighted by molar-refractivity contribution is 5.83. The van der Waals surface area contributed by atoms with Gasteiger partial charge in [0.15, 0.2) is 5.82 Å². The molecule has 3 N–H and O–H groups in total. The second kappa shape index (κ2) is 10.6. The van der Waals surface area contributed by atoms with Gasteiger partial charge in [-0.15, -0.1) is 0 Å². The van der Waals surface area contributed by atoms with Gasteiger partial charge in [-0.05, 0) is 23.6 Å². The Hall–Kier alpha value is -2.85. The fourth-order valence-corrected chi connectivity index (χ4v) is 4.64. The molecule has 9 heteroatoms. The van der Waals surface area contributed by atoms with Crippen LogP contribution in [-0.4, -0.2) is 91.0 Å². The van der Waals surface area contributed by atoms with Gasteiger partial charge in [0.05, 0.1) is 31.6 Å². The molecule has 2 saturated heterocycles. The molecule has 0 saturated carbocycles. The summed E-state index contributed by atoms with van der Waals surface area (Å²) in [6.45, 7) is 6.56. The van der Waals surface area contributed by atoms with Crippen LogP contribution in [0.2, 0.25) is 0 Å². The van der Waals surface area contributed by atoms with Gasteiger partial charge in [0.1, 0.15) is 5.82 Å². The average Bonchev–Trinajstić information content (AvgIpc) is 2.93. The normalized spacial score (nSPS) is 21.3. The smallest absolute Gasteiger partial charge is 0.241 e. The molecular formula is C25H32N6O3. The van der Waals surface area contributed by atoms with Crippen molar-refractivity contribution in [2.24, 2.45) is 0 Å². The van der Waals surface area contributed by atoms with Crippen LogP contribution in [0, 0.1) is 0 Å². The molecule has 1 aromatic heterocycles. The quantitative estimate of drug-likeness (QED) is 0.593. The number of carbonyl (C=O) groups excluding carboxylic acids is 1. The highest BCUT2D eigenvalue weighted by atomic mass is 16.5. The number of benzene rings is 1. The first-order valence-electron chi connectivity index (χ1n) is 12.1. The van der Waals surface area contributed by atoms with Crippen molar-refractivity contribution >= 4 is 17.3 Å². The van der Waals surface area contributed by atoms with Gasteiger partial charge in [-0.1, -0.05) is 24.3 Å². The van der Waals surface area contributed by atoms with Gasteiger partial charge in [-0.3, -0.25) is 4.79 Å². The molecule has 0 radical (unpaired) electrons. The Kier molecular flexibility index (Phi) is 7.15. The molecule has 3 aliphatic heterocycles. The maximum atomic E-state index is 12.9. The number of piperazine rings is 1. The number of hydrogen-bond donors (Lipinski definition) is 3. The summed E-state index contributed by atoms with van der Waals surface area (Å²) in [6.07, 6.45) is 2.87. The number of hydrogen-bond acceptors (Lipinski definition) is 8. The second-order valence-electron chi connectivity index (χ2n) is 8.87. The SMILES string of the molecule is O=C([C@@H]1CNCCN1)N1CC=C(c2cc(N3CCOCC3)nc(-c3cccc(CO)c3)n2)CC1. The van der Waals surface area contributed by atoms with E-state index in [1.807, 2.05) is 29.2 Å². The van der Waals surface area contributed by atoms with Crippen molar-refractivity contribution in [3.8, 4) is 11.4 Å². The second-order valence-corrected chi connectivity index (χ2v) is 8.87. The zero-order valence-corrected chi connectivity index (χ0v) is 19.4. The summed E-state index contributed by atoms with van der Waals surface area (Å²) in [4.78, 5) is 26.8. The molecule has 180 valence electrons. The molecular weight excluding hydrogens is 432 g/mol. The number of rotatable bonds is 5. The number of aliphatic hydroxyl groups is 1. The molecule has 1 atom stereocenters.